The predicted octanol–water partition coefficient (Wildman–Crippen LogP) is 2.47. The van der Waals surface area contributed by atoms with Crippen LogP contribution in [0.2, 0.25) is 0 Å². The van der Waals surface area contributed by atoms with Crippen molar-refractivity contribution in [3.8, 4) is 11.5 Å². The molecule has 7 heteroatoms. The molecular formula is C21H22N2O5. The van der Waals surface area contributed by atoms with Crippen LogP contribution in [0.25, 0.3) is 0 Å². The minimum absolute atomic E-state index is 0.125. The lowest BCUT2D eigenvalue weighted by atomic mass is 9.97. The summed E-state index contributed by atoms with van der Waals surface area (Å²) >= 11 is 0. The van der Waals surface area contributed by atoms with E-state index in [4.69, 9.17) is 19.9 Å². The Hall–Kier alpha value is -3.22. The van der Waals surface area contributed by atoms with Gasteiger partial charge in [-0.05, 0) is 54.8 Å². The Morgan fingerprint density at radius 1 is 1.11 bits per heavy atom. The summed E-state index contributed by atoms with van der Waals surface area (Å²) in [7, 11) is 0. The van der Waals surface area contributed by atoms with E-state index in [2.05, 4.69) is 4.90 Å². The summed E-state index contributed by atoms with van der Waals surface area (Å²) in [5, 5.41) is 0. The summed E-state index contributed by atoms with van der Waals surface area (Å²) in [5.41, 5.74) is 7.72. The number of hydrogen-bond acceptors (Lipinski definition) is 6. The molecule has 0 bridgehead atoms. The highest BCUT2D eigenvalue weighted by Crippen LogP contribution is 2.32. The Balaban J connectivity index is 1.35. The number of nitrogens with two attached hydrogens (primary N) is 1. The molecule has 0 aromatic heterocycles. The zero-order valence-electron chi connectivity index (χ0n) is 15.4. The van der Waals surface area contributed by atoms with Gasteiger partial charge >= 0.3 is 5.97 Å². The first-order valence-corrected chi connectivity index (χ1v) is 9.30. The number of primary amides is 1. The molecule has 0 aliphatic carbocycles. The van der Waals surface area contributed by atoms with Gasteiger partial charge in [0.1, 0.15) is 6.61 Å². The van der Waals surface area contributed by atoms with Gasteiger partial charge in [-0.15, -0.1) is 0 Å². The molecule has 2 aliphatic heterocycles. The number of carbonyl (C=O) groups is 2. The molecule has 0 saturated carbocycles. The smallest absolute Gasteiger partial charge is 0.338 e. The molecule has 1 saturated heterocycles. The van der Waals surface area contributed by atoms with Crippen LogP contribution in [0.5, 0.6) is 11.5 Å². The van der Waals surface area contributed by atoms with Crippen molar-refractivity contribution in [3.05, 3.63) is 53.6 Å². The van der Waals surface area contributed by atoms with Crippen molar-refractivity contribution in [2.75, 3.05) is 24.8 Å². The fourth-order valence-electron chi connectivity index (χ4n) is 3.52. The molecule has 7 nitrogen and oxygen atoms in total. The van der Waals surface area contributed by atoms with E-state index >= 15 is 0 Å². The summed E-state index contributed by atoms with van der Waals surface area (Å²) in [5.74, 6) is 0.585. The highest BCUT2D eigenvalue weighted by molar-refractivity contribution is 5.89. The number of benzene rings is 2. The molecular weight excluding hydrogens is 360 g/mol. The average molecular weight is 382 g/mol. The molecule has 28 heavy (non-hydrogen) atoms. The van der Waals surface area contributed by atoms with E-state index in [1.54, 1.807) is 18.2 Å². The van der Waals surface area contributed by atoms with Gasteiger partial charge in [0.05, 0.1) is 11.5 Å². The predicted molar refractivity (Wildman–Crippen MR) is 102 cm³/mol. The third-order valence-corrected chi connectivity index (χ3v) is 5.10. The average Bonchev–Trinajstić information content (AvgIpc) is 3.20. The normalized spacial score (nSPS) is 18.0. The Kier molecular flexibility index (Phi) is 5.06. The lowest BCUT2D eigenvalue weighted by molar-refractivity contribution is -0.122. The summed E-state index contributed by atoms with van der Waals surface area (Å²) in [6.45, 7) is 1.85. The Morgan fingerprint density at radius 3 is 2.68 bits per heavy atom. The van der Waals surface area contributed by atoms with Crippen LogP contribution in [0.4, 0.5) is 5.69 Å². The van der Waals surface area contributed by atoms with Crippen molar-refractivity contribution in [2.45, 2.75) is 19.4 Å². The largest absolute Gasteiger partial charge is 0.457 e. The fourth-order valence-corrected chi connectivity index (χ4v) is 3.52. The quantitative estimate of drug-likeness (QED) is 0.799. The standard InChI is InChI=1S/C21H22N2O5/c22-20(24)16-2-1-9-23(11-16)17-6-4-15(5-7-17)21(25)26-12-14-3-8-18-19(10-14)28-13-27-18/h3-8,10,16H,1-2,9,11-13H2,(H2,22,24)/t16-/m0/s1. The third-order valence-electron chi connectivity index (χ3n) is 5.10. The number of hydrogen-bond donors (Lipinski definition) is 1. The van der Waals surface area contributed by atoms with E-state index in [1.807, 2.05) is 24.3 Å². The maximum atomic E-state index is 12.3. The van der Waals surface area contributed by atoms with E-state index < -0.39 is 5.97 Å². The highest BCUT2D eigenvalue weighted by atomic mass is 16.7. The van der Waals surface area contributed by atoms with Crippen LogP contribution in [0, 0.1) is 5.92 Å². The maximum Gasteiger partial charge on any atom is 0.338 e. The number of carbonyl (C=O) groups excluding carboxylic acids is 2. The minimum Gasteiger partial charge on any atom is -0.457 e. The number of nitrogens with zero attached hydrogens (tertiary/aromatic N) is 1. The van der Waals surface area contributed by atoms with Crippen molar-refractivity contribution in [1.29, 1.82) is 0 Å². The van der Waals surface area contributed by atoms with Gasteiger partial charge in [-0.1, -0.05) is 6.07 Å². The number of rotatable bonds is 5. The van der Waals surface area contributed by atoms with E-state index in [1.165, 1.54) is 0 Å². The molecule has 2 aliphatic rings. The summed E-state index contributed by atoms with van der Waals surface area (Å²) in [6.07, 6.45) is 1.75. The van der Waals surface area contributed by atoms with Crippen LogP contribution >= 0.6 is 0 Å². The lowest BCUT2D eigenvalue weighted by Crippen LogP contribution is -2.41. The zero-order valence-corrected chi connectivity index (χ0v) is 15.4. The van der Waals surface area contributed by atoms with Gasteiger partial charge in [0.15, 0.2) is 11.5 Å². The molecule has 2 N–H and O–H groups in total. The summed E-state index contributed by atoms with van der Waals surface area (Å²) < 4.78 is 16.0. The van der Waals surface area contributed by atoms with Crippen LogP contribution in [-0.2, 0) is 16.1 Å². The first-order valence-electron chi connectivity index (χ1n) is 9.30. The van der Waals surface area contributed by atoms with Crippen molar-refractivity contribution in [3.63, 3.8) is 0 Å². The van der Waals surface area contributed by atoms with Crippen molar-refractivity contribution < 1.29 is 23.8 Å². The molecule has 2 heterocycles. The second-order valence-corrected chi connectivity index (χ2v) is 7.00. The topological polar surface area (TPSA) is 91.1 Å². The van der Waals surface area contributed by atoms with Crippen LogP contribution < -0.4 is 20.1 Å². The number of esters is 1. The Morgan fingerprint density at radius 2 is 1.89 bits per heavy atom. The first kappa shape index (κ1) is 18.2. The number of anilines is 1. The van der Waals surface area contributed by atoms with E-state index in [0.29, 0.717) is 23.6 Å². The first-order chi connectivity index (χ1) is 13.6. The maximum absolute atomic E-state index is 12.3. The summed E-state index contributed by atoms with van der Waals surface area (Å²) in [4.78, 5) is 25.9. The molecule has 0 spiro atoms. The molecule has 4 rings (SSSR count). The molecule has 1 atom stereocenters. The summed E-state index contributed by atoms with van der Waals surface area (Å²) in [6, 6.07) is 12.7. The van der Waals surface area contributed by atoms with Gasteiger partial charge < -0.3 is 24.8 Å². The fraction of sp³-hybridized carbons (Fsp3) is 0.333. The minimum atomic E-state index is -0.391. The van der Waals surface area contributed by atoms with E-state index in [-0.39, 0.29) is 25.2 Å². The molecule has 1 amide bonds. The van der Waals surface area contributed by atoms with Gasteiger partial charge in [0, 0.05) is 18.8 Å². The molecule has 1 fully saturated rings. The molecule has 2 aromatic rings. The Labute approximate surface area is 163 Å². The van der Waals surface area contributed by atoms with Crippen molar-refractivity contribution in [2.24, 2.45) is 11.7 Å². The molecule has 0 radical (unpaired) electrons. The second-order valence-electron chi connectivity index (χ2n) is 7.00. The monoisotopic (exact) mass is 382 g/mol. The highest BCUT2D eigenvalue weighted by Gasteiger charge is 2.24. The zero-order chi connectivity index (χ0) is 19.5. The van der Waals surface area contributed by atoms with Crippen molar-refractivity contribution >= 4 is 17.6 Å². The SMILES string of the molecule is NC(=O)[C@H]1CCCN(c2ccc(C(=O)OCc3ccc4c(c3)OCO4)cc2)C1. The van der Waals surface area contributed by atoms with Gasteiger partial charge in [-0.2, -0.15) is 0 Å². The van der Waals surface area contributed by atoms with Gasteiger partial charge in [-0.25, -0.2) is 4.79 Å². The molecule has 0 unspecified atom stereocenters. The van der Waals surface area contributed by atoms with E-state index in [9.17, 15) is 9.59 Å². The van der Waals surface area contributed by atoms with Crippen LogP contribution in [0.15, 0.2) is 42.5 Å². The van der Waals surface area contributed by atoms with Gasteiger partial charge in [0.25, 0.3) is 0 Å². The molecule has 146 valence electrons. The van der Waals surface area contributed by atoms with Crippen LogP contribution in [0.3, 0.4) is 0 Å². The van der Waals surface area contributed by atoms with Crippen molar-refractivity contribution in [1.82, 2.24) is 0 Å². The number of fused-ring (bicyclic) bond motifs is 1. The van der Waals surface area contributed by atoms with Gasteiger partial charge in [-0.3, -0.25) is 4.79 Å². The number of piperidine rings is 1. The van der Waals surface area contributed by atoms with Crippen LogP contribution in [0.1, 0.15) is 28.8 Å². The number of ether oxygens (including phenoxy) is 3. The Bertz CT molecular complexity index is 881. The lowest BCUT2D eigenvalue weighted by Gasteiger charge is -2.33. The molecule has 2 aromatic carbocycles. The number of amides is 1. The second kappa shape index (κ2) is 7.80. The van der Waals surface area contributed by atoms with Gasteiger partial charge in [0.2, 0.25) is 12.7 Å². The van der Waals surface area contributed by atoms with Crippen LogP contribution in [-0.4, -0.2) is 31.8 Å². The third kappa shape index (κ3) is 3.88. The van der Waals surface area contributed by atoms with E-state index in [0.717, 1.165) is 30.6 Å².